The maximum Gasteiger partial charge on any atom is 0.308 e. The summed E-state index contributed by atoms with van der Waals surface area (Å²) in [5.41, 5.74) is 5.56. The number of aliphatic carboxylic acids is 1. The summed E-state index contributed by atoms with van der Waals surface area (Å²) in [4.78, 5) is 14.0. The molecule has 2 unspecified atom stereocenters. The van der Waals surface area contributed by atoms with Gasteiger partial charge in [-0.3, -0.25) is 4.79 Å². The lowest BCUT2D eigenvalue weighted by Crippen LogP contribution is -2.23. The van der Waals surface area contributed by atoms with Gasteiger partial charge in [0.15, 0.2) is 0 Å². The number of nitrogens with zero attached hydrogens (tertiary/aromatic N) is 2. The van der Waals surface area contributed by atoms with Gasteiger partial charge < -0.3 is 19.3 Å². The van der Waals surface area contributed by atoms with Crippen LogP contribution in [0.25, 0.3) is 10.9 Å². The van der Waals surface area contributed by atoms with E-state index in [0.29, 0.717) is 25.7 Å². The zero-order valence-electron chi connectivity index (χ0n) is 20.4. The van der Waals surface area contributed by atoms with Gasteiger partial charge in [-0.25, -0.2) is 0 Å². The van der Waals surface area contributed by atoms with Crippen LogP contribution in [0.4, 0.5) is 0 Å². The second-order valence-electron chi connectivity index (χ2n) is 9.91. The van der Waals surface area contributed by atoms with Crippen molar-refractivity contribution in [3.63, 3.8) is 0 Å². The van der Waals surface area contributed by atoms with Gasteiger partial charge in [0.2, 0.25) is 0 Å². The maximum atomic E-state index is 11.8. The normalized spacial score (nSPS) is 19.3. The molecule has 0 amide bonds. The number of halogens is 1. The molecule has 6 heteroatoms. The Morgan fingerprint density at radius 2 is 2.00 bits per heavy atom. The largest absolute Gasteiger partial charge is 0.489 e. The number of likely N-dealkylation sites (tertiary alicyclic amines) is 1. The smallest absolute Gasteiger partial charge is 0.308 e. The lowest BCUT2D eigenvalue weighted by molar-refractivity contribution is -0.142. The third-order valence-electron chi connectivity index (χ3n) is 7.17. The van der Waals surface area contributed by atoms with Crippen LogP contribution in [0.15, 0.2) is 66.5 Å². The molecule has 1 aliphatic heterocycles. The molecule has 1 aromatic heterocycles. The number of hydrogen-bond acceptors (Lipinski definition) is 3. The Balaban J connectivity index is 1.28. The van der Waals surface area contributed by atoms with Crippen LogP contribution in [-0.2, 0) is 17.9 Å². The average Bonchev–Trinajstić information content (AvgIpc) is 3.37. The lowest BCUT2D eigenvalue weighted by atomic mass is 9.88. The van der Waals surface area contributed by atoms with E-state index in [-0.39, 0.29) is 11.8 Å². The predicted octanol–water partition coefficient (Wildman–Crippen LogP) is 6.74. The molecule has 1 fully saturated rings. The summed E-state index contributed by atoms with van der Waals surface area (Å²) in [6, 6.07) is 12.9. The van der Waals surface area contributed by atoms with Crippen LogP contribution in [0, 0.1) is 18.8 Å². The molecule has 1 N–H and O–H groups in total. The van der Waals surface area contributed by atoms with Crippen LogP contribution in [0.1, 0.15) is 43.0 Å². The monoisotopic (exact) mass is 490 g/mol. The first kappa shape index (κ1) is 23.6. The molecule has 2 heterocycles. The summed E-state index contributed by atoms with van der Waals surface area (Å²) in [5.74, 6) is -0.135. The van der Waals surface area contributed by atoms with Crippen molar-refractivity contribution in [1.82, 2.24) is 9.47 Å². The first-order valence-electron chi connectivity index (χ1n) is 12.2. The minimum Gasteiger partial charge on any atom is -0.489 e. The highest BCUT2D eigenvalue weighted by Crippen LogP contribution is 2.39. The van der Waals surface area contributed by atoms with E-state index in [2.05, 4.69) is 72.7 Å². The quantitative estimate of drug-likeness (QED) is 0.398. The van der Waals surface area contributed by atoms with E-state index >= 15 is 0 Å². The molecular weight excluding hydrogens is 460 g/mol. The Morgan fingerprint density at radius 3 is 2.74 bits per heavy atom. The number of aromatic nitrogens is 1. The number of fused-ring (bicyclic) bond motifs is 2. The number of ether oxygens (including phenoxy) is 1. The van der Waals surface area contributed by atoms with Crippen LogP contribution in [0.3, 0.4) is 0 Å². The average molecular weight is 491 g/mol. The molecule has 1 saturated heterocycles. The second kappa shape index (κ2) is 9.46. The number of aryl methyl sites for hydroxylation is 1. The summed E-state index contributed by atoms with van der Waals surface area (Å²) in [5, 5.41) is 11.5. The van der Waals surface area contributed by atoms with Gasteiger partial charge in [-0.2, -0.15) is 0 Å². The Hall–Kier alpha value is -3.18. The minimum atomic E-state index is -0.709. The molecule has 35 heavy (non-hydrogen) atoms. The summed E-state index contributed by atoms with van der Waals surface area (Å²) >= 11 is 6.49. The van der Waals surface area contributed by atoms with E-state index in [1.54, 1.807) is 0 Å². The number of carbonyl (C=O) groups is 1. The predicted molar refractivity (Wildman–Crippen MR) is 140 cm³/mol. The van der Waals surface area contributed by atoms with Crippen molar-refractivity contribution in [3.05, 3.63) is 88.2 Å². The molecule has 0 saturated carbocycles. The van der Waals surface area contributed by atoms with E-state index in [1.165, 1.54) is 0 Å². The van der Waals surface area contributed by atoms with E-state index < -0.39 is 5.97 Å². The highest BCUT2D eigenvalue weighted by Gasteiger charge is 2.40. The van der Waals surface area contributed by atoms with Gasteiger partial charge in [0.25, 0.3) is 0 Å². The molecule has 0 spiro atoms. The van der Waals surface area contributed by atoms with Crippen LogP contribution in [-0.4, -0.2) is 27.1 Å². The zero-order valence-corrected chi connectivity index (χ0v) is 21.1. The van der Waals surface area contributed by atoms with Crippen LogP contribution >= 0.6 is 11.6 Å². The van der Waals surface area contributed by atoms with Crippen LogP contribution in [0.2, 0.25) is 5.02 Å². The molecular formula is C29H31ClN2O3. The Kier molecular flexibility index (Phi) is 6.37. The number of benzene rings is 2. The van der Waals surface area contributed by atoms with Gasteiger partial charge in [0.05, 0.1) is 10.9 Å². The van der Waals surface area contributed by atoms with E-state index in [9.17, 15) is 9.90 Å². The molecule has 2 aromatic carbocycles. The topological polar surface area (TPSA) is 54.7 Å². The van der Waals surface area contributed by atoms with Crippen molar-refractivity contribution >= 4 is 28.5 Å². The molecule has 5 nitrogen and oxygen atoms in total. The van der Waals surface area contributed by atoms with Crippen molar-refractivity contribution in [2.45, 2.75) is 46.4 Å². The van der Waals surface area contributed by atoms with Crippen molar-refractivity contribution < 1.29 is 14.6 Å². The first-order valence-corrected chi connectivity index (χ1v) is 12.6. The minimum absolute atomic E-state index is 0.0736. The Morgan fingerprint density at radius 1 is 1.20 bits per heavy atom. The maximum absolute atomic E-state index is 11.8. The molecule has 0 radical (unpaired) electrons. The molecule has 2 atom stereocenters. The fraction of sp³-hybridized carbons (Fsp3) is 0.345. The highest BCUT2D eigenvalue weighted by atomic mass is 35.5. The van der Waals surface area contributed by atoms with Crippen LogP contribution in [0.5, 0.6) is 5.75 Å². The number of hydrogen-bond donors (Lipinski definition) is 1. The van der Waals surface area contributed by atoms with E-state index in [4.69, 9.17) is 16.3 Å². The Bertz CT molecular complexity index is 1340. The van der Waals surface area contributed by atoms with Crippen molar-refractivity contribution in [1.29, 1.82) is 0 Å². The number of allylic oxidation sites excluding steroid dienone is 4. The van der Waals surface area contributed by atoms with Gasteiger partial charge in [-0.1, -0.05) is 42.0 Å². The summed E-state index contributed by atoms with van der Waals surface area (Å²) in [6.45, 7) is 8.06. The fourth-order valence-electron chi connectivity index (χ4n) is 5.35. The van der Waals surface area contributed by atoms with Crippen molar-refractivity contribution in [2.75, 3.05) is 6.54 Å². The molecule has 182 valence electrons. The molecule has 0 bridgehead atoms. The lowest BCUT2D eigenvalue weighted by Gasteiger charge is -2.23. The summed E-state index contributed by atoms with van der Waals surface area (Å²) in [6.07, 6.45) is 8.96. The van der Waals surface area contributed by atoms with Gasteiger partial charge in [-0.05, 0) is 68.2 Å². The zero-order chi connectivity index (χ0) is 24.7. The summed E-state index contributed by atoms with van der Waals surface area (Å²) < 4.78 is 8.35. The molecule has 3 aromatic rings. The second-order valence-corrected chi connectivity index (χ2v) is 10.3. The van der Waals surface area contributed by atoms with Gasteiger partial charge >= 0.3 is 5.97 Å². The highest BCUT2D eigenvalue weighted by molar-refractivity contribution is 6.35. The van der Waals surface area contributed by atoms with Gasteiger partial charge in [0, 0.05) is 47.8 Å². The SMILES string of the molecule is Cc1cc(CN2CC(C(=O)O)C3CC=CC=C32)ccc1OCc1ccc2c(c1)c(Cl)cn2C(C)C. The fourth-order valence-corrected chi connectivity index (χ4v) is 5.61. The Labute approximate surface area is 211 Å². The third-order valence-corrected chi connectivity index (χ3v) is 7.47. The molecule has 2 aliphatic rings. The van der Waals surface area contributed by atoms with Crippen LogP contribution < -0.4 is 4.74 Å². The first-order chi connectivity index (χ1) is 16.8. The molecule has 5 rings (SSSR count). The number of rotatable bonds is 7. The van der Waals surface area contributed by atoms with Gasteiger partial charge in [-0.15, -0.1) is 0 Å². The van der Waals surface area contributed by atoms with Crippen molar-refractivity contribution in [3.8, 4) is 5.75 Å². The third kappa shape index (κ3) is 4.57. The standard InChI is InChI=1S/C29H31ClN2O3/c1-18(2)32-16-25(30)23-13-21(8-10-27(23)32)17-35-28-11-9-20(12-19(28)3)14-31-15-24(29(33)34)22-6-4-5-7-26(22)31/h4-5,7-13,16,18,22,24H,6,14-15,17H2,1-3H3,(H,33,34). The van der Waals surface area contributed by atoms with E-state index in [0.717, 1.165) is 50.5 Å². The number of carboxylic acid groups (broad SMARTS) is 1. The van der Waals surface area contributed by atoms with Crippen molar-refractivity contribution in [2.24, 2.45) is 11.8 Å². The molecule has 1 aliphatic carbocycles. The summed E-state index contributed by atoms with van der Waals surface area (Å²) in [7, 11) is 0. The van der Waals surface area contributed by atoms with E-state index in [1.807, 2.05) is 18.3 Å². The number of carboxylic acids is 1. The van der Waals surface area contributed by atoms with Gasteiger partial charge in [0.1, 0.15) is 12.4 Å².